The van der Waals surface area contributed by atoms with Crippen LogP contribution >= 0.6 is 23.5 Å². The Bertz CT molecular complexity index is 713. The Morgan fingerprint density at radius 2 is 1.83 bits per heavy atom. The van der Waals surface area contributed by atoms with Gasteiger partial charge in [-0.3, -0.25) is 0 Å². The van der Waals surface area contributed by atoms with Crippen LogP contribution in [0.2, 0.25) is 0 Å². The molecule has 0 spiro atoms. The molecule has 0 bridgehead atoms. The zero-order chi connectivity index (χ0) is 16.6. The number of aryl methyl sites for hydroxylation is 2. The van der Waals surface area contributed by atoms with E-state index in [1.807, 2.05) is 24.3 Å². The van der Waals surface area contributed by atoms with Gasteiger partial charge in [-0.15, -0.1) is 28.4 Å². The number of hydrogen-bond donors (Lipinski definition) is 0. The SMILES string of the molecule is O=N/C1=C(\SCCCc2ccccc2)SCCCc2ccccc21. The van der Waals surface area contributed by atoms with Crippen molar-refractivity contribution in [1.82, 2.24) is 0 Å². The summed E-state index contributed by atoms with van der Waals surface area (Å²) in [6, 6.07) is 18.7. The molecular formula is C20H21NOS2. The van der Waals surface area contributed by atoms with E-state index in [0.717, 1.165) is 47.0 Å². The van der Waals surface area contributed by atoms with Gasteiger partial charge < -0.3 is 0 Å². The molecule has 2 aromatic rings. The lowest BCUT2D eigenvalue weighted by Crippen LogP contribution is -1.99. The predicted molar refractivity (Wildman–Crippen MR) is 107 cm³/mol. The van der Waals surface area contributed by atoms with E-state index in [0.29, 0.717) is 5.70 Å². The van der Waals surface area contributed by atoms with Crippen LogP contribution in [-0.4, -0.2) is 11.5 Å². The summed E-state index contributed by atoms with van der Waals surface area (Å²) in [4.78, 5) is 11.5. The van der Waals surface area contributed by atoms with Crippen molar-refractivity contribution in [2.45, 2.75) is 25.7 Å². The smallest absolute Gasteiger partial charge is 0.135 e. The molecule has 0 fully saturated rings. The Hall–Kier alpha value is -1.52. The standard InChI is InChI=1S/C20H21NOS2/c22-21-19-18-13-5-4-11-17(18)12-7-15-24-20(19)23-14-6-10-16-8-2-1-3-9-16/h1-5,8-9,11,13H,6-7,10,12,14-15H2/b20-19+. The fraction of sp³-hybridized carbons (Fsp3) is 0.300. The van der Waals surface area contributed by atoms with Crippen LogP contribution in [0.15, 0.2) is 64.0 Å². The van der Waals surface area contributed by atoms with Gasteiger partial charge in [0.15, 0.2) is 0 Å². The minimum Gasteiger partial charge on any atom is -0.145 e. The first kappa shape index (κ1) is 17.3. The molecule has 0 aromatic heterocycles. The van der Waals surface area contributed by atoms with E-state index < -0.39 is 0 Å². The minimum absolute atomic E-state index is 0.639. The Labute approximate surface area is 152 Å². The highest BCUT2D eigenvalue weighted by Gasteiger charge is 2.17. The monoisotopic (exact) mass is 355 g/mol. The molecule has 1 heterocycles. The zero-order valence-electron chi connectivity index (χ0n) is 13.6. The van der Waals surface area contributed by atoms with Gasteiger partial charge in [-0.2, -0.15) is 0 Å². The lowest BCUT2D eigenvalue weighted by Gasteiger charge is -2.16. The molecule has 2 aromatic carbocycles. The molecule has 0 N–H and O–H groups in total. The Morgan fingerprint density at radius 3 is 2.67 bits per heavy atom. The van der Waals surface area contributed by atoms with E-state index in [-0.39, 0.29) is 0 Å². The fourth-order valence-electron chi connectivity index (χ4n) is 2.86. The minimum atomic E-state index is 0.639. The highest BCUT2D eigenvalue weighted by Crippen LogP contribution is 2.40. The molecule has 0 unspecified atom stereocenters. The summed E-state index contributed by atoms with van der Waals surface area (Å²) in [5, 5.41) is 3.40. The normalized spacial score (nSPS) is 17.7. The van der Waals surface area contributed by atoms with Crippen molar-refractivity contribution in [2.75, 3.05) is 11.5 Å². The molecule has 0 saturated heterocycles. The van der Waals surface area contributed by atoms with E-state index in [1.54, 1.807) is 23.5 Å². The maximum Gasteiger partial charge on any atom is 0.135 e. The first-order chi connectivity index (χ1) is 11.9. The maximum absolute atomic E-state index is 11.5. The van der Waals surface area contributed by atoms with Crippen LogP contribution in [0.5, 0.6) is 0 Å². The number of fused-ring (bicyclic) bond motifs is 1. The zero-order valence-corrected chi connectivity index (χ0v) is 15.2. The van der Waals surface area contributed by atoms with Crippen molar-refractivity contribution >= 4 is 29.2 Å². The number of benzene rings is 2. The van der Waals surface area contributed by atoms with Gasteiger partial charge in [0, 0.05) is 5.56 Å². The van der Waals surface area contributed by atoms with Gasteiger partial charge in [-0.25, -0.2) is 0 Å². The van der Waals surface area contributed by atoms with Crippen LogP contribution < -0.4 is 0 Å². The van der Waals surface area contributed by atoms with Gasteiger partial charge in [0.2, 0.25) is 0 Å². The van der Waals surface area contributed by atoms with E-state index in [2.05, 4.69) is 35.5 Å². The number of rotatable bonds is 6. The molecular weight excluding hydrogens is 334 g/mol. The van der Waals surface area contributed by atoms with Gasteiger partial charge in [-0.1, -0.05) is 54.6 Å². The van der Waals surface area contributed by atoms with Gasteiger partial charge in [0.25, 0.3) is 0 Å². The second kappa shape index (κ2) is 9.09. The lowest BCUT2D eigenvalue weighted by atomic mass is 10.0. The average molecular weight is 356 g/mol. The average Bonchev–Trinajstić information content (AvgIpc) is 2.62. The van der Waals surface area contributed by atoms with Gasteiger partial charge in [-0.05, 0) is 53.5 Å². The summed E-state index contributed by atoms with van der Waals surface area (Å²) in [5.41, 5.74) is 4.27. The summed E-state index contributed by atoms with van der Waals surface area (Å²) in [5.74, 6) is 2.06. The fourth-order valence-corrected chi connectivity index (χ4v) is 5.21. The highest BCUT2D eigenvalue weighted by molar-refractivity contribution is 8.22. The van der Waals surface area contributed by atoms with Crippen molar-refractivity contribution in [3.8, 4) is 0 Å². The van der Waals surface area contributed by atoms with Crippen LogP contribution in [0.25, 0.3) is 5.70 Å². The molecule has 1 aliphatic heterocycles. The van der Waals surface area contributed by atoms with Gasteiger partial charge >= 0.3 is 0 Å². The highest BCUT2D eigenvalue weighted by atomic mass is 32.2. The number of nitroso groups, excluding NO2 is 1. The van der Waals surface area contributed by atoms with E-state index in [1.165, 1.54) is 11.1 Å². The van der Waals surface area contributed by atoms with Crippen LogP contribution in [0.3, 0.4) is 0 Å². The maximum atomic E-state index is 11.5. The van der Waals surface area contributed by atoms with E-state index >= 15 is 0 Å². The Morgan fingerprint density at radius 1 is 1.04 bits per heavy atom. The summed E-state index contributed by atoms with van der Waals surface area (Å²) in [7, 11) is 0. The third-order valence-corrected chi connectivity index (χ3v) is 6.67. The second-order valence-corrected chi connectivity index (χ2v) is 8.24. The summed E-state index contributed by atoms with van der Waals surface area (Å²) in [6.45, 7) is 0. The van der Waals surface area contributed by atoms with E-state index in [9.17, 15) is 4.91 Å². The van der Waals surface area contributed by atoms with Gasteiger partial charge in [0.1, 0.15) is 5.70 Å². The molecule has 0 radical (unpaired) electrons. The third-order valence-electron chi connectivity index (χ3n) is 4.07. The third kappa shape index (κ3) is 4.52. The number of nitrogens with zero attached hydrogens (tertiary/aromatic N) is 1. The largest absolute Gasteiger partial charge is 0.145 e. The molecule has 4 heteroatoms. The van der Waals surface area contributed by atoms with Crippen molar-refractivity contribution in [2.24, 2.45) is 5.18 Å². The van der Waals surface area contributed by atoms with Gasteiger partial charge in [0.05, 0.1) is 4.24 Å². The molecule has 0 saturated carbocycles. The topological polar surface area (TPSA) is 29.4 Å². The van der Waals surface area contributed by atoms with Crippen LogP contribution in [0, 0.1) is 4.91 Å². The van der Waals surface area contributed by atoms with Crippen molar-refractivity contribution < 1.29 is 0 Å². The molecule has 0 atom stereocenters. The van der Waals surface area contributed by atoms with E-state index in [4.69, 9.17) is 0 Å². The van der Waals surface area contributed by atoms with Crippen molar-refractivity contribution in [3.05, 3.63) is 80.4 Å². The summed E-state index contributed by atoms with van der Waals surface area (Å²) in [6.07, 6.45) is 4.34. The Balaban J connectivity index is 1.69. The number of thioether (sulfide) groups is 2. The Kier molecular flexibility index (Phi) is 6.56. The molecule has 124 valence electrons. The lowest BCUT2D eigenvalue weighted by molar-refractivity contribution is 0.927. The molecule has 24 heavy (non-hydrogen) atoms. The molecule has 0 amide bonds. The first-order valence-corrected chi connectivity index (χ1v) is 10.3. The quantitative estimate of drug-likeness (QED) is 0.461. The molecule has 0 aliphatic carbocycles. The second-order valence-electron chi connectivity index (χ2n) is 5.77. The van der Waals surface area contributed by atoms with Crippen LogP contribution in [-0.2, 0) is 12.8 Å². The van der Waals surface area contributed by atoms with Crippen LogP contribution in [0.4, 0.5) is 0 Å². The molecule has 3 rings (SSSR count). The molecule has 2 nitrogen and oxygen atoms in total. The summed E-state index contributed by atoms with van der Waals surface area (Å²) < 4.78 is 1.09. The predicted octanol–water partition coefficient (Wildman–Crippen LogP) is 6.12. The first-order valence-electron chi connectivity index (χ1n) is 8.34. The molecule has 1 aliphatic rings. The van der Waals surface area contributed by atoms with Crippen molar-refractivity contribution in [1.29, 1.82) is 0 Å². The van der Waals surface area contributed by atoms with Crippen LogP contribution in [0.1, 0.15) is 29.5 Å². The number of hydrogen-bond acceptors (Lipinski definition) is 4. The van der Waals surface area contributed by atoms with Crippen molar-refractivity contribution in [3.63, 3.8) is 0 Å². The summed E-state index contributed by atoms with van der Waals surface area (Å²) >= 11 is 3.57.